The monoisotopic (exact) mass is 391 g/mol. The van der Waals surface area contributed by atoms with Crippen molar-refractivity contribution in [1.82, 2.24) is 5.32 Å². The fourth-order valence-corrected chi connectivity index (χ4v) is 5.23. The summed E-state index contributed by atoms with van der Waals surface area (Å²) in [6, 6.07) is 8.50. The molecule has 3 rings (SSSR count). The average Bonchev–Trinajstić information content (AvgIpc) is 2.57. The van der Waals surface area contributed by atoms with Gasteiger partial charge < -0.3 is 5.32 Å². The van der Waals surface area contributed by atoms with E-state index in [2.05, 4.69) is 40.3 Å². The van der Waals surface area contributed by atoms with Gasteiger partial charge in [-0.1, -0.05) is 54.2 Å². The molecule has 1 aromatic carbocycles. The predicted octanol–water partition coefficient (Wildman–Crippen LogP) is 5.45. The van der Waals surface area contributed by atoms with Gasteiger partial charge in [0.05, 0.1) is 5.41 Å². The maximum absolute atomic E-state index is 13.1. The first-order chi connectivity index (χ1) is 11.4. The summed E-state index contributed by atoms with van der Waals surface area (Å²) >= 11 is 3.53. The van der Waals surface area contributed by atoms with Gasteiger partial charge in [-0.05, 0) is 68.6 Å². The molecule has 2 bridgehead atoms. The minimum absolute atomic E-state index is 0.174. The number of benzene rings is 1. The lowest BCUT2D eigenvalue weighted by Gasteiger charge is -2.46. The van der Waals surface area contributed by atoms with Crippen molar-refractivity contribution < 1.29 is 4.79 Å². The van der Waals surface area contributed by atoms with Crippen LogP contribution in [0.2, 0.25) is 0 Å². The molecule has 2 aliphatic carbocycles. The maximum Gasteiger partial charge on any atom is 0.230 e. The van der Waals surface area contributed by atoms with Gasteiger partial charge in [-0.15, -0.1) is 0 Å². The Labute approximate surface area is 154 Å². The highest BCUT2D eigenvalue weighted by atomic mass is 79.9. The molecule has 1 N–H and O–H groups in total. The first-order valence-corrected chi connectivity index (χ1v) is 10.3. The number of hydrogen-bond acceptors (Lipinski definition) is 1. The van der Waals surface area contributed by atoms with Crippen LogP contribution in [0.25, 0.3) is 0 Å². The lowest BCUT2D eigenvalue weighted by atomic mass is 9.64. The van der Waals surface area contributed by atoms with Crippen molar-refractivity contribution in [1.29, 1.82) is 0 Å². The predicted molar refractivity (Wildman–Crippen MR) is 103 cm³/mol. The molecule has 1 aromatic rings. The number of hydrogen-bond donors (Lipinski definition) is 1. The molecule has 0 radical (unpaired) electrons. The zero-order valence-corrected chi connectivity index (χ0v) is 16.7. The zero-order chi connectivity index (χ0) is 17.3. The SMILES string of the molecule is CCC1CC2CCCC(C2)C1NC(=O)C(C)(C)c1cccc(Br)c1. The van der Waals surface area contributed by atoms with Gasteiger partial charge in [-0.25, -0.2) is 0 Å². The zero-order valence-electron chi connectivity index (χ0n) is 15.1. The average molecular weight is 392 g/mol. The molecule has 24 heavy (non-hydrogen) atoms. The minimum atomic E-state index is -0.506. The third-order valence-corrected chi connectivity index (χ3v) is 6.90. The van der Waals surface area contributed by atoms with Crippen molar-refractivity contribution in [3.63, 3.8) is 0 Å². The number of rotatable bonds is 4. The number of halogens is 1. The van der Waals surface area contributed by atoms with E-state index in [1.165, 1.54) is 38.5 Å². The summed E-state index contributed by atoms with van der Waals surface area (Å²) in [7, 11) is 0. The molecule has 2 fully saturated rings. The molecule has 4 atom stereocenters. The Morgan fingerprint density at radius 1 is 1.29 bits per heavy atom. The van der Waals surface area contributed by atoms with Gasteiger partial charge in [-0.3, -0.25) is 4.79 Å². The van der Waals surface area contributed by atoms with Crippen LogP contribution >= 0.6 is 15.9 Å². The van der Waals surface area contributed by atoms with Crippen molar-refractivity contribution in [3.05, 3.63) is 34.3 Å². The van der Waals surface area contributed by atoms with Gasteiger partial charge in [0.1, 0.15) is 0 Å². The third kappa shape index (κ3) is 3.56. The molecule has 1 amide bonds. The van der Waals surface area contributed by atoms with Gasteiger partial charge in [0, 0.05) is 10.5 Å². The molecule has 0 saturated heterocycles. The molecule has 3 heteroatoms. The Kier molecular flexibility index (Phi) is 5.39. The summed E-state index contributed by atoms with van der Waals surface area (Å²) in [5.41, 5.74) is 0.563. The summed E-state index contributed by atoms with van der Waals surface area (Å²) in [5, 5.41) is 3.48. The minimum Gasteiger partial charge on any atom is -0.352 e. The topological polar surface area (TPSA) is 29.1 Å². The van der Waals surface area contributed by atoms with Gasteiger partial charge in [0.25, 0.3) is 0 Å². The lowest BCUT2D eigenvalue weighted by molar-refractivity contribution is -0.128. The Morgan fingerprint density at radius 2 is 2.08 bits per heavy atom. The van der Waals surface area contributed by atoms with E-state index < -0.39 is 5.41 Å². The van der Waals surface area contributed by atoms with Crippen LogP contribution < -0.4 is 5.32 Å². The number of carbonyl (C=O) groups excluding carboxylic acids is 1. The quantitative estimate of drug-likeness (QED) is 0.726. The molecule has 0 aromatic heterocycles. The Hall–Kier alpha value is -0.830. The van der Waals surface area contributed by atoms with Crippen LogP contribution in [0.1, 0.15) is 64.9 Å². The van der Waals surface area contributed by atoms with Gasteiger partial charge in [0.2, 0.25) is 5.91 Å². The maximum atomic E-state index is 13.1. The molecular weight excluding hydrogens is 362 g/mol. The number of fused-ring (bicyclic) bond motifs is 2. The fraction of sp³-hybridized carbons (Fsp3) is 0.667. The van der Waals surface area contributed by atoms with Crippen molar-refractivity contribution >= 4 is 21.8 Å². The number of amides is 1. The highest BCUT2D eigenvalue weighted by Gasteiger charge is 2.41. The standard InChI is InChI=1S/C21H30BrNO/c1-4-15-11-14-7-5-8-16(12-14)19(15)23-20(24)21(2,3)17-9-6-10-18(22)13-17/h6,9-10,13-16,19H,4-5,7-8,11-12H2,1-3H3,(H,23,24). The van der Waals surface area contributed by atoms with Crippen LogP contribution in [0.4, 0.5) is 0 Å². The van der Waals surface area contributed by atoms with Crippen LogP contribution in [0.3, 0.4) is 0 Å². The highest BCUT2D eigenvalue weighted by molar-refractivity contribution is 9.10. The van der Waals surface area contributed by atoms with Gasteiger partial charge >= 0.3 is 0 Å². The van der Waals surface area contributed by atoms with E-state index >= 15 is 0 Å². The second kappa shape index (κ2) is 7.19. The molecule has 2 nitrogen and oxygen atoms in total. The summed E-state index contributed by atoms with van der Waals surface area (Å²) in [5.74, 6) is 2.41. The molecule has 2 aliphatic rings. The van der Waals surface area contributed by atoms with Crippen LogP contribution in [0, 0.1) is 17.8 Å². The highest BCUT2D eigenvalue weighted by Crippen LogP contribution is 2.44. The van der Waals surface area contributed by atoms with Crippen LogP contribution in [0.15, 0.2) is 28.7 Å². The molecule has 0 aliphatic heterocycles. The van der Waals surface area contributed by atoms with E-state index in [0.717, 1.165) is 16.0 Å². The summed E-state index contributed by atoms with van der Waals surface area (Å²) in [6.45, 7) is 6.36. The van der Waals surface area contributed by atoms with E-state index in [9.17, 15) is 4.79 Å². The van der Waals surface area contributed by atoms with E-state index in [-0.39, 0.29) is 5.91 Å². The van der Waals surface area contributed by atoms with E-state index in [1.54, 1.807) is 0 Å². The number of nitrogens with one attached hydrogen (secondary N) is 1. The van der Waals surface area contributed by atoms with Crippen molar-refractivity contribution in [2.24, 2.45) is 17.8 Å². The second-order valence-corrected chi connectivity index (χ2v) is 9.25. The number of carbonyl (C=O) groups is 1. The van der Waals surface area contributed by atoms with Crippen LogP contribution in [-0.2, 0) is 10.2 Å². The smallest absolute Gasteiger partial charge is 0.230 e. The molecule has 4 unspecified atom stereocenters. The second-order valence-electron chi connectivity index (χ2n) is 8.33. The molecule has 2 saturated carbocycles. The van der Waals surface area contributed by atoms with E-state index in [0.29, 0.717) is 17.9 Å². The van der Waals surface area contributed by atoms with Crippen molar-refractivity contribution in [3.8, 4) is 0 Å². The summed E-state index contributed by atoms with van der Waals surface area (Å²) in [6.07, 6.45) is 7.82. The first-order valence-electron chi connectivity index (χ1n) is 9.48. The van der Waals surface area contributed by atoms with Gasteiger partial charge in [0.15, 0.2) is 0 Å². The molecule has 132 valence electrons. The van der Waals surface area contributed by atoms with E-state index in [1.807, 2.05) is 26.0 Å². The Morgan fingerprint density at radius 3 is 2.79 bits per heavy atom. The molecule has 0 heterocycles. The van der Waals surface area contributed by atoms with Crippen molar-refractivity contribution in [2.75, 3.05) is 0 Å². The summed E-state index contributed by atoms with van der Waals surface area (Å²) < 4.78 is 1.03. The molecular formula is C21H30BrNO. The Bertz CT molecular complexity index is 595. The largest absolute Gasteiger partial charge is 0.352 e. The third-order valence-electron chi connectivity index (χ3n) is 6.41. The lowest BCUT2D eigenvalue weighted by Crippen LogP contribution is -2.54. The normalized spacial score (nSPS) is 30.0. The summed E-state index contributed by atoms with van der Waals surface area (Å²) in [4.78, 5) is 13.1. The fourth-order valence-electron chi connectivity index (χ4n) is 4.83. The van der Waals surface area contributed by atoms with Crippen LogP contribution in [0.5, 0.6) is 0 Å². The first kappa shape index (κ1) is 18.0. The van der Waals surface area contributed by atoms with Gasteiger partial charge in [-0.2, -0.15) is 0 Å². The Balaban J connectivity index is 1.77. The van der Waals surface area contributed by atoms with E-state index in [4.69, 9.17) is 0 Å². The van der Waals surface area contributed by atoms with Crippen molar-refractivity contribution in [2.45, 2.75) is 70.8 Å². The molecule has 0 spiro atoms. The van der Waals surface area contributed by atoms with Crippen LogP contribution in [-0.4, -0.2) is 11.9 Å².